The van der Waals surface area contributed by atoms with Crippen LogP contribution in [-0.4, -0.2) is 23.7 Å². The first-order valence-electron chi connectivity index (χ1n) is 6.56. The Morgan fingerprint density at radius 3 is 2.53 bits per heavy atom. The first kappa shape index (κ1) is 16.6. The first-order chi connectivity index (χ1) is 8.88. The molecule has 5 heteroatoms. The number of aromatic nitrogens is 1. The summed E-state index contributed by atoms with van der Waals surface area (Å²) >= 11 is 3.39. The second-order valence-corrected chi connectivity index (χ2v) is 6.60. The van der Waals surface area contributed by atoms with Gasteiger partial charge in [-0.2, -0.15) is 0 Å². The minimum Gasteiger partial charge on any atom is -0.376 e. The molecule has 0 spiro atoms. The Bertz CT molecular complexity index is 375. The molecular weight excluding hydrogens is 306 g/mol. The van der Waals surface area contributed by atoms with Gasteiger partial charge in [0.25, 0.3) is 0 Å². The maximum Gasteiger partial charge on any atom is 0.0793 e. The summed E-state index contributed by atoms with van der Waals surface area (Å²) in [7, 11) is 0. The van der Waals surface area contributed by atoms with Crippen molar-refractivity contribution in [3.05, 3.63) is 28.5 Å². The van der Waals surface area contributed by atoms with Gasteiger partial charge in [0.2, 0.25) is 0 Å². The smallest absolute Gasteiger partial charge is 0.0793 e. The molecule has 0 amide bonds. The highest BCUT2D eigenvalue weighted by Gasteiger charge is 2.32. The highest BCUT2D eigenvalue weighted by molar-refractivity contribution is 9.10. The van der Waals surface area contributed by atoms with E-state index in [0.29, 0.717) is 6.61 Å². The Kier molecular flexibility index (Phi) is 6.39. The lowest BCUT2D eigenvalue weighted by atomic mass is 9.83. The summed E-state index contributed by atoms with van der Waals surface area (Å²) in [6.07, 6.45) is 2.58. The van der Waals surface area contributed by atoms with Gasteiger partial charge in [0, 0.05) is 29.4 Å². The van der Waals surface area contributed by atoms with Crippen LogP contribution in [0.1, 0.15) is 33.4 Å². The van der Waals surface area contributed by atoms with E-state index >= 15 is 0 Å². The number of halogens is 1. The van der Waals surface area contributed by atoms with E-state index in [-0.39, 0.29) is 17.6 Å². The van der Waals surface area contributed by atoms with Crippen LogP contribution < -0.4 is 11.3 Å². The van der Waals surface area contributed by atoms with Crippen LogP contribution in [0.5, 0.6) is 0 Å². The number of nitrogens with zero attached hydrogens (tertiary/aromatic N) is 1. The zero-order valence-electron chi connectivity index (χ0n) is 12.1. The van der Waals surface area contributed by atoms with Crippen molar-refractivity contribution in [1.29, 1.82) is 0 Å². The predicted molar refractivity (Wildman–Crippen MR) is 81.6 cm³/mol. The summed E-state index contributed by atoms with van der Waals surface area (Å²) in [6.45, 7) is 9.16. The maximum absolute atomic E-state index is 5.88. The fourth-order valence-corrected chi connectivity index (χ4v) is 2.39. The fraction of sp³-hybridized carbons (Fsp3) is 0.643. The van der Waals surface area contributed by atoms with Crippen molar-refractivity contribution in [3.63, 3.8) is 0 Å². The Hall–Kier alpha value is -0.490. The van der Waals surface area contributed by atoms with E-state index in [0.717, 1.165) is 16.6 Å². The van der Waals surface area contributed by atoms with Gasteiger partial charge in [-0.05, 0) is 40.4 Å². The summed E-state index contributed by atoms with van der Waals surface area (Å²) in [5.74, 6) is 5.71. The minimum absolute atomic E-state index is 0.0163. The molecule has 0 saturated carbocycles. The Labute approximate surface area is 124 Å². The number of rotatable bonds is 6. The molecule has 0 aliphatic carbocycles. The minimum atomic E-state index is 0.0163. The average Bonchev–Trinajstić information content (AvgIpc) is 2.34. The van der Waals surface area contributed by atoms with Crippen molar-refractivity contribution in [2.45, 2.75) is 46.3 Å². The molecule has 0 saturated heterocycles. The lowest BCUT2D eigenvalue weighted by molar-refractivity contribution is -0.0357. The van der Waals surface area contributed by atoms with Gasteiger partial charge in [-0.1, -0.05) is 20.8 Å². The molecule has 4 nitrogen and oxygen atoms in total. The van der Waals surface area contributed by atoms with Crippen LogP contribution in [0, 0.1) is 5.41 Å². The van der Waals surface area contributed by atoms with Gasteiger partial charge >= 0.3 is 0 Å². The highest BCUT2D eigenvalue weighted by Crippen LogP contribution is 2.26. The number of ether oxygens (including phenoxy) is 1. The number of pyridine rings is 1. The zero-order chi connectivity index (χ0) is 14.5. The predicted octanol–water partition coefficient (Wildman–Crippen LogP) is 2.67. The van der Waals surface area contributed by atoms with E-state index in [1.807, 2.05) is 19.1 Å². The first-order valence-corrected chi connectivity index (χ1v) is 7.36. The van der Waals surface area contributed by atoms with Crippen LogP contribution in [0.15, 0.2) is 22.8 Å². The summed E-state index contributed by atoms with van der Waals surface area (Å²) in [5.41, 5.74) is 3.90. The number of hydrogen-bond acceptors (Lipinski definition) is 4. The monoisotopic (exact) mass is 329 g/mol. The van der Waals surface area contributed by atoms with Crippen LogP contribution in [0.3, 0.4) is 0 Å². The number of hydrazine groups is 1. The number of nitrogens with one attached hydrogen (secondary N) is 1. The molecular formula is C14H24BrN3O. The number of hydrogen-bond donors (Lipinski definition) is 2. The zero-order valence-corrected chi connectivity index (χ0v) is 13.7. The molecule has 0 aromatic carbocycles. The highest BCUT2D eigenvalue weighted by atomic mass is 79.9. The summed E-state index contributed by atoms with van der Waals surface area (Å²) in [4.78, 5) is 4.39. The van der Waals surface area contributed by atoms with E-state index in [9.17, 15) is 0 Å². The van der Waals surface area contributed by atoms with Crippen LogP contribution in [-0.2, 0) is 11.2 Å². The molecule has 1 heterocycles. The molecule has 3 N–H and O–H groups in total. The van der Waals surface area contributed by atoms with Crippen LogP contribution in [0.25, 0.3) is 0 Å². The van der Waals surface area contributed by atoms with Crippen molar-refractivity contribution in [2.24, 2.45) is 11.3 Å². The van der Waals surface area contributed by atoms with E-state index in [4.69, 9.17) is 10.6 Å². The van der Waals surface area contributed by atoms with Gasteiger partial charge in [0.05, 0.1) is 12.1 Å². The summed E-state index contributed by atoms with van der Waals surface area (Å²) in [5, 5.41) is 0. The topological polar surface area (TPSA) is 60.2 Å². The molecule has 0 aliphatic heterocycles. The van der Waals surface area contributed by atoms with Gasteiger partial charge in [0.15, 0.2) is 0 Å². The average molecular weight is 330 g/mol. The molecule has 108 valence electrons. The second-order valence-electron chi connectivity index (χ2n) is 5.69. The Morgan fingerprint density at radius 1 is 1.42 bits per heavy atom. The maximum atomic E-state index is 5.88. The van der Waals surface area contributed by atoms with Crippen molar-refractivity contribution >= 4 is 15.9 Å². The third-order valence-electron chi connectivity index (χ3n) is 3.00. The van der Waals surface area contributed by atoms with Crippen molar-refractivity contribution in [2.75, 3.05) is 6.61 Å². The van der Waals surface area contributed by atoms with Crippen molar-refractivity contribution < 1.29 is 4.74 Å². The largest absolute Gasteiger partial charge is 0.376 e. The lowest BCUT2D eigenvalue weighted by Crippen LogP contribution is -2.52. The Morgan fingerprint density at radius 2 is 2.11 bits per heavy atom. The van der Waals surface area contributed by atoms with Gasteiger partial charge in [-0.15, -0.1) is 0 Å². The van der Waals surface area contributed by atoms with Crippen LogP contribution >= 0.6 is 15.9 Å². The molecule has 1 rings (SSSR count). The SMILES string of the molecule is CCOC(C(Cc1ccc(Br)cn1)NN)C(C)(C)C. The van der Waals surface area contributed by atoms with E-state index in [2.05, 4.69) is 47.1 Å². The molecule has 2 atom stereocenters. The Balaban J connectivity index is 2.82. The molecule has 0 aliphatic rings. The molecule has 2 unspecified atom stereocenters. The van der Waals surface area contributed by atoms with E-state index in [1.165, 1.54) is 0 Å². The number of nitrogens with two attached hydrogens (primary N) is 1. The van der Waals surface area contributed by atoms with Gasteiger partial charge < -0.3 is 4.74 Å². The molecule has 19 heavy (non-hydrogen) atoms. The molecule has 1 aromatic heterocycles. The van der Waals surface area contributed by atoms with E-state index in [1.54, 1.807) is 6.20 Å². The second kappa shape index (κ2) is 7.33. The molecule has 0 radical (unpaired) electrons. The fourth-order valence-electron chi connectivity index (χ4n) is 2.16. The standard InChI is InChI=1S/C14H24BrN3O/c1-5-19-13(14(2,3)4)12(18-16)8-11-7-6-10(15)9-17-11/h6-7,9,12-13,18H,5,8,16H2,1-4H3. The molecule has 1 aromatic rings. The third-order valence-corrected chi connectivity index (χ3v) is 3.47. The molecule has 0 fully saturated rings. The lowest BCUT2D eigenvalue weighted by Gasteiger charge is -2.36. The quantitative estimate of drug-likeness (QED) is 0.622. The van der Waals surface area contributed by atoms with Crippen molar-refractivity contribution in [3.8, 4) is 0 Å². The van der Waals surface area contributed by atoms with Crippen LogP contribution in [0.4, 0.5) is 0 Å². The van der Waals surface area contributed by atoms with Crippen molar-refractivity contribution in [1.82, 2.24) is 10.4 Å². The molecule has 0 bridgehead atoms. The summed E-state index contributed by atoms with van der Waals surface area (Å²) in [6, 6.07) is 4.02. The van der Waals surface area contributed by atoms with Gasteiger partial charge in [-0.3, -0.25) is 16.3 Å². The van der Waals surface area contributed by atoms with Gasteiger partial charge in [0.1, 0.15) is 0 Å². The summed E-state index contributed by atoms with van der Waals surface area (Å²) < 4.78 is 6.85. The van der Waals surface area contributed by atoms with E-state index < -0.39 is 0 Å². The van der Waals surface area contributed by atoms with Crippen LogP contribution in [0.2, 0.25) is 0 Å². The van der Waals surface area contributed by atoms with Gasteiger partial charge in [-0.25, -0.2) is 0 Å². The normalized spacial score (nSPS) is 15.3. The third kappa shape index (κ3) is 5.18.